The molecule has 3 aliphatic heterocycles. The Morgan fingerprint density at radius 2 is 2.04 bits per heavy atom. The first-order valence-electron chi connectivity index (χ1n) is 9.60. The highest BCUT2D eigenvalue weighted by molar-refractivity contribution is 6.17. The topological polar surface area (TPSA) is 68.8 Å². The number of fused-ring (bicyclic) bond motifs is 2. The highest BCUT2D eigenvalue weighted by atomic mass is 16.2. The van der Waals surface area contributed by atoms with E-state index < -0.39 is 0 Å². The van der Waals surface area contributed by atoms with Gasteiger partial charge in [0.05, 0.1) is 16.9 Å². The molecule has 5 rings (SSSR count). The van der Waals surface area contributed by atoms with E-state index in [1.165, 1.54) is 0 Å². The van der Waals surface area contributed by atoms with Gasteiger partial charge in [-0.1, -0.05) is 11.6 Å². The molecule has 2 saturated heterocycles. The van der Waals surface area contributed by atoms with E-state index in [4.69, 9.17) is 0 Å². The maximum absolute atomic E-state index is 13.5. The zero-order valence-electron chi connectivity index (χ0n) is 16.1. The van der Waals surface area contributed by atoms with E-state index in [0.29, 0.717) is 22.8 Å². The number of aryl methyl sites for hydroxylation is 1. The van der Waals surface area contributed by atoms with E-state index in [2.05, 4.69) is 22.2 Å². The van der Waals surface area contributed by atoms with Gasteiger partial charge in [0.15, 0.2) is 5.82 Å². The van der Waals surface area contributed by atoms with Gasteiger partial charge in [0.1, 0.15) is 0 Å². The minimum Gasteiger partial charge on any atom is -0.323 e. The van der Waals surface area contributed by atoms with Crippen LogP contribution in [0.15, 0.2) is 36.5 Å². The van der Waals surface area contributed by atoms with Crippen molar-refractivity contribution < 1.29 is 9.59 Å². The first-order chi connectivity index (χ1) is 13.5. The molecule has 1 spiro atoms. The smallest absolute Gasteiger partial charge is 0.323 e. The number of nitrogens with one attached hydrogen (secondary N) is 1. The number of pyridine rings is 1. The number of aromatic nitrogens is 1. The Morgan fingerprint density at radius 1 is 1.21 bits per heavy atom. The van der Waals surface area contributed by atoms with E-state index in [1.54, 1.807) is 23.2 Å². The predicted molar refractivity (Wildman–Crippen MR) is 107 cm³/mol. The maximum atomic E-state index is 13.5. The Bertz CT molecular complexity index is 983. The molecule has 3 amide bonds. The van der Waals surface area contributed by atoms with Crippen LogP contribution in [-0.4, -0.2) is 59.9 Å². The molecule has 0 unspecified atom stereocenters. The third-order valence-electron chi connectivity index (χ3n) is 6.03. The average molecular weight is 377 g/mol. The highest BCUT2D eigenvalue weighted by Gasteiger charge is 2.50. The molecule has 1 aromatic heterocycles. The van der Waals surface area contributed by atoms with Crippen molar-refractivity contribution in [2.45, 2.75) is 13.3 Å². The molecular weight excluding hydrogens is 354 g/mol. The largest absolute Gasteiger partial charge is 0.330 e. The van der Waals surface area contributed by atoms with Crippen LogP contribution in [0.4, 0.5) is 22.0 Å². The molecule has 28 heavy (non-hydrogen) atoms. The number of nitrogens with zero attached hydrogens (tertiary/aromatic N) is 4. The third-order valence-corrected chi connectivity index (χ3v) is 6.03. The standard InChI is InChI=1S/C21H23N5O2/c1-14-5-6-17-15(10-14)19(27)23-16-4-3-8-22-18(16)26(17)20(28)25-12-21(13-25)7-9-24(2)11-21/h3-6,8,10H,7,9,11-13H2,1-2H3,(H,23,27). The van der Waals surface area contributed by atoms with Crippen LogP contribution in [0, 0.1) is 12.3 Å². The minimum absolute atomic E-state index is 0.123. The lowest BCUT2D eigenvalue weighted by atomic mass is 9.79. The van der Waals surface area contributed by atoms with Gasteiger partial charge in [-0.05, 0) is 51.2 Å². The Balaban J connectivity index is 1.54. The van der Waals surface area contributed by atoms with Gasteiger partial charge >= 0.3 is 6.03 Å². The number of benzene rings is 1. The summed E-state index contributed by atoms with van der Waals surface area (Å²) in [6.07, 6.45) is 2.77. The van der Waals surface area contributed by atoms with E-state index >= 15 is 0 Å². The van der Waals surface area contributed by atoms with Crippen LogP contribution in [0.1, 0.15) is 22.3 Å². The number of urea groups is 1. The monoisotopic (exact) mass is 377 g/mol. The van der Waals surface area contributed by atoms with Crippen LogP contribution in [0.5, 0.6) is 0 Å². The molecule has 0 bridgehead atoms. The van der Waals surface area contributed by atoms with Gasteiger partial charge in [-0.25, -0.2) is 14.7 Å². The normalized spacial score (nSPS) is 20.3. The van der Waals surface area contributed by atoms with Crippen LogP contribution < -0.4 is 10.2 Å². The average Bonchev–Trinajstić information content (AvgIpc) is 2.99. The van der Waals surface area contributed by atoms with Crippen molar-refractivity contribution in [3.05, 3.63) is 47.7 Å². The predicted octanol–water partition coefficient (Wildman–Crippen LogP) is 2.85. The van der Waals surface area contributed by atoms with Gasteiger partial charge in [0, 0.05) is 31.2 Å². The highest BCUT2D eigenvalue weighted by Crippen LogP contribution is 2.42. The number of hydrogen-bond donors (Lipinski definition) is 1. The maximum Gasteiger partial charge on any atom is 0.330 e. The lowest BCUT2D eigenvalue weighted by Gasteiger charge is -2.49. The molecule has 7 nitrogen and oxygen atoms in total. The molecule has 144 valence electrons. The number of hydrogen-bond acceptors (Lipinski definition) is 4. The van der Waals surface area contributed by atoms with Crippen molar-refractivity contribution in [1.29, 1.82) is 0 Å². The van der Waals surface area contributed by atoms with E-state index in [9.17, 15) is 9.59 Å². The SMILES string of the molecule is Cc1ccc2c(c1)C(=O)Nc1cccnc1N2C(=O)N1CC2(CCN(C)C2)C1. The second-order valence-corrected chi connectivity index (χ2v) is 8.31. The van der Waals surface area contributed by atoms with Crippen molar-refractivity contribution in [3.63, 3.8) is 0 Å². The molecule has 3 aliphatic rings. The molecule has 1 aromatic carbocycles. The van der Waals surface area contributed by atoms with E-state index in [1.807, 2.05) is 30.0 Å². The number of amides is 3. The van der Waals surface area contributed by atoms with E-state index in [0.717, 1.165) is 38.2 Å². The van der Waals surface area contributed by atoms with Crippen LogP contribution in [-0.2, 0) is 0 Å². The van der Waals surface area contributed by atoms with Crippen molar-refractivity contribution in [1.82, 2.24) is 14.8 Å². The van der Waals surface area contributed by atoms with Gasteiger partial charge < -0.3 is 15.1 Å². The Kier molecular flexibility index (Phi) is 3.71. The summed E-state index contributed by atoms with van der Waals surface area (Å²) in [5, 5.41) is 2.90. The molecule has 0 radical (unpaired) electrons. The fraction of sp³-hybridized carbons (Fsp3) is 0.381. The number of anilines is 3. The number of carbonyl (C=O) groups excluding carboxylic acids is 2. The van der Waals surface area contributed by atoms with E-state index in [-0.39, 0.29) is 17.4 Å². The summed E-state index contributed by atoms with van der Waals surface area (Å²) in [5.74, 6) is 0.244. The van der Waals surface area contributed by atoms with Crippen LogP contribution in [0.3, 0.4) is 0 Å². The Hall–Kier alpha value is -2.93. The molecule has 1 N–H and O–H groups in total. The number of likely N-dealkylation sites (tertiary alicyclic amines) is 2. The lowest BCUT2D eigenvalue weighted by molar-refractivity contribution is 0.0445. The fourth-order valence-electron chi connectivity index (χ4n) is 4.65. The molecule has 4 heterocycles. The van der Waals surface area contributed by atoms with Crippen LogP contribution in [0.25, 0.3) is 0 Å². The summed E-state index contributed by atoms with van der Waals surface area (Å²) >= 11 is 0. The lowest BCUT2D eigenvalue weighted by Crippen LogP contribution is -2.61. The number of carbonyl (C=O) groups is 2. The van der Waals surface area contributed by atoms with Crippen molar-refractivity contribution in [2.75, 3.05) is 43.4 Å². The second kappa shape index (κ2) is 6.04. The molecule has 2 aromatic rings. The summed E-state index contributed by atoms with van der Waals surface area (Å²) in [4.78, 5) is 36.5. The van der Waals surface area contributed by atoms with Crippen molar-refractivity contribution in [2.24, 2.45) is 5.41 Å². The van der Waals surface area contributed by atoms with Crippen LogP contribution >= 0.6 is 0 Å². The van der Waals surface area contributed by atoms with Gasteiger partial charge in [-0.3, -0.25) is 4.79 Å². The summed E-state index contributed by atoms with van der Waals surface area (Å²) in [6, 6.07) is 9.00. The first-order valence-corrected chi connectivity index (χ1v) is 9.60. The Morgan fingerprint density at radius 3 is 2.79 bits per heavy atom. The Labute approximate surface area is 163 Å². The minimum atomic E-state index is -0.222. The molecular formula is C21H23N5O2. The molecule has 0 saturated carbocycles. The quantitative estimate of drug-likeness (QED) is 0.767. The molecule has 2 fully saturated rings. The second-order valence-electron chi connectivity index (χ2n) is 8.31. The van der Waals surface area contributed by atoms with Crippen LogP contribution in [0.2, 0.25) is 0 Å². The number of rotatable bonds is 0. The summed E-state index contributed by atoms with van der Waals surface area (Å²) in [5.41, 5.74) is 2.80. The summed E-state index contributed by atoms with van der Waals surface area (Å²) in [6.45, 7) is 5.54. The summed E-state index contributed by atoms with van der Waals surface area (Å²) < 4.78 is 0. The van der Waals surface area contributed by atoms with Crippen molar-refractivity contribution in [3.8, 4) is 0 Å². The van der Waals surface area contributed by atoms with Gasteiger partial charge in [0.25, 0.3) is 5.91 Å². The van der Waals surface area contributed by atoms with Crippen molar-refractivity contribution >= 4 is 29.1 Å². The van der Waals surface area contributed by atoms with Gasteiger partial charge in [0.2, 0.25) is 0 Å². The van der Waals surface area contributed by atoms with Gasteiger partial charge in [-0.2, -0.15) is 0 Å². The molecule has 0 atom stereocenters. The van der Waals surface area contributed by atoms with Gasteiger partial charge in [-0.15, -0.1) is 0 Å². The zero-order valence-corrected chi connectivity index (χ0v) is 16.1. The summed E-state index contributed by atoms with van der Waals surface area (Å²) in [7, 11) is 2.13. The molecule has 0 aliphatic carbocycles. The fourth-order valence-corrected chi connectivity index (χ4v) is 4.65. The first kappa shape index (κ1) is 17.2. The zero-order chi connectivity index (χ0) is 19.5. The third kappa shape index (κ3) is 2.57. The molecule has 7 heteroatoms.